The molecule has 1 aromatic rings. The van der Waals surface area contributed by atoms with Crippen molar-refractivity contribution in [2.45, 2.75) is 25.7 Å². The normalized spacial score (nSPS) is 12.7. The Morgan fingerprint density at radius 3 is 2.56 bits per heavy atom. The topological polar surface area (TPSA) is 0 Å². The molecular formula is C15H18S. The van der Waals surface area contributed by atoms with Crippen LogP contribution in [0.5, 0.6) is 0 Å². The zero-order valence-electron chi connectivity index (χ0n) is 10.2. The first kappa shape index (κ1) is 12.9. The lowest BCUT2D eigenvalue weighted by atomic mass is 10.2. The lowest BCUT2D eigenvalue weighted by molar-refractivity contribution is 1.30. The number of hydrogen-bond acceptors (Lipinski definition) is 1. The summed E-state index contributed by atoms with van der Waals surface area (Å²) in [5, 5.41) is 0. The van der Waals surface area contributed by atoms with E-state index in [0.29, 0.717) is 0 Å². The number of allylic oxidation sites excluding steroid dienone is 4. The van der Waals surface area contributed by atoms with Crippen LogP contribution in [0.3, 0.4) is 0 Å². The largest absolute Gasteiger partial charge is 0.0988 e. The summed E-state index contributed by atoms with van der Waals surface area (Å²) in [6.45, 7) is 10.1. The molecule has 1 heteroatoms. The molecule has 0 radical (unpaired) electrons. The number of rotatable bonds is 4. The van der Waals surface area contributed by atoms with E-state index < -0.39 is 0 Å². The van der Waals surface area contributed by atoms with Crippen molar-refractivity contribution in [1.29, 1.82) is 0 Å². The fraction of sp³-hybridized carbons (Fsp3) is 0.200. The van der Waals surface area contributed by atoms with Crippen LogP contribution >= 0.6 is 11.8 Å². The van der Waals surface area contributed by atoms with E-state index >= 15 is 0 Å². The van der Waals surface area contributed by atoms with Crippen molar-refractivity contribution in [3.63, 3.8) is 0 Å². The Morgan fingerprint density at radius 2 is 2.00 bits per heavy atom. The lowest BCUT2D eigenvalue weighted by Gasteiger charge is -2.07. The van der Waals surface area contributed by atoms with Crippen LogP contribution in [0.2, 0.25) is 0 Å². The monoisotopic (exact) mass is 230 g/mol. The SMILES string of the molecule is C=C/C(C)=C(\C=C/C)Sc1ccccc1C. The highest BCUT2D eigenvalue weighted by Gasteiger charge is 2.02. The molecule has 0 aliphatic carbocycles. The number of hydrogen-bond donors (Lipinski definition) is 0. The molecule has 0 amide bonds. The van der Waals surface area contributed by atoms with E-state index in [1.165, 1.54) is 20.9 Å². The highest BCUT2D eigenvalue weighted by molar-refractivity contribution is 8.03. The van der Waals surface area contributed by atoms with Crippen molar-refractivity contribution in [2.75, 3.05) is 0 Å². The molecule has 0 fully saturated rings. The Hall–Kier alpha value is -1.21. The molecule has 0 aliphatic heterocycles. The second-order valence-electron chi connectivity index (χ2n) is 3.62. The van der Waals surface area contributed by atoms with Crippen LogP contribution in [-0.2, 0) is 0 Å². The Kier molecular flexibility index (Phi) is 5.13. The summed E-state index contributed by atoms with van der Waals surface area (Å²) < 4.78 is 0. The molecule has 0 N–H and O–H groups in total. The van der Waals surface area contributed by atoms with Crippen molar-refractivity contribution in [1.82, 2.24) is 0 Å². The molecule has 0 heterocycles. The summed E-state index contributed by atoms with van der Waals surface area (Å²) in [5.74, 6) is 0. The zero-order chi connectivity index (χ0) is 12.0. The first-order chi connectivity index (χ1) is 7.69. The molecule has 0 atom stereocenters. The van der Waals surface area contributed by atoms with Crippen LogP contribution in [0, 0.1) is 6.92 Å². The minimum absolute atomic E-state index is 1.21. The fourth-order valence-electron chi connectivity index (χ4n) is 1.29. The molecule has 0 nitrogen and oxygen atoms in total. The van der Waals surface area contributed by atoms with E-state index in [2.05, 4.69) is 56.8 Å². The van der Waals surface area contributed by atoms with E-state index in [-0.39, 0.29) is 0 Å². The average molecular weight is 230 g/mol. The Labute approximate surface area is 103 Å². The predicted molar refractivity (Wildman–Crippen MR) is 74.7 cm³/mol. The van der Waals surface area contributed by atoms with Gasteiger partial charge >= 0.3 is 0 Å². The van der Waals surface area contributed by atoms with Gasteiger partial charge in [0, 0.05) is 9.80 Å². The molecule has 0 aromatic heterocycles. The first-order valence-corrected chi connectivity index (χ1v) is 6.20. The minimum atomic E-state index is 1.21. The third kappa shape index (κ3) is 3.42. The van der Waals surface area contributed by atoms with E-state index in [1.54, 1.807) is 11.8 Å². The predicted octanol–water partition coefficient (Wildman–Crippen LogP) is 5.12. The van der Waals surface area contributed by atoms with Crippen molar-refractivity contribution < 1.29 is 0 Å². The highest BCUT2D eigenvalue weighted by Crippen LogP contribution is 2.32. The quantitative estimate of drug-likeness (QED) is 0.511. The van der Waals surface area contributed by atoms with Crippen LogP contribution in [-0.4, -0.2) is 0 Å². The van der Waals surface area contributed by atoms with Gasteiger partial charge in [0.2, 0.25) is 0 Å². The standard InChI is InChI=1S/C15H18S/c1-5-9-14(12(3)6-2)16-15-11-8-7-10-13(15)4/h5-11H,2H2,1,3-4H3/b9-5-,14-12+. The molecule has 0 bridgehead atoms. The fourth-order valence-corrected chi connectivity index (χ4v) is 2.35. The van der Waals surface area contributed by atoms with Crippen LogP contribution in [0.25, 0.3) is 0 Å². The van der Waals surface area contributed by atoms with Crippen molar-refractivity contribution in [2.24, 2.45) is 0 Å². The van der Waals surface area contributed by atoms with Crippen molar-refractivity contribution >= 4 is 11.8 Å². The third-order valence-electron chi connectivity index (χ3n) is 2.33. The summed E-state index contributed by atoms with van der Waals surface area (Å²) in [6, 6.07) is 8.43. The van der Waals surface area contributed by atoms with Crippen molar-refractivity contribution in [3.8, 4) is 0 Å². The Balaban J connectivity index is 3.02. The van der Waals surface area contributed by atoms with Gasteiger partial charge in [-0.3, -0.25) is 0 Å². The van der Waals surface area contributed by atoms with E-state index in [4.69, 9.17) is 0 Å². The van der Waals surface area contributed by atoms with Gasteiger partial charge in [-0.15, -0.1) is 0 Å². The molecule has 1 aromatic carbocycles. The van der Waals surface area contributed by atoms with Crippen LogP contribution in [0.15, 0.2) is 64.4 Å². The molecule has 0 aliphatic rings. The average Bonchev–Trinajstić information content (AvgIpc) is 2.30. The van der Waals surface area contributed by atoms with E-state index in [1.807, 2.05) is 13.0 Å². The van der Waals surface area contributed by atoms with Gasteiger partial charge in [0.25, 0.3) is 0 Å². The maximum atomic E-state index is 3.82. The maximum absolute atomic E-state index is 3.82. The molecule has 0 spiro atoms. The van der Waals surface area contributed by atoms with E-state index in [0.717, 1.165) is 0 Å². The second kappa shape index (κ2) is 6.39. The van der Waals surface area contributed by atoms with Gasteiger partial charge in [0.15, 0.2) is 0 Å². The molecule has 0 saturated heterocycles. The van der Waals surface area contributed by atoms with Gasteiger partial charge in [-0.25, -0.2) is 0 Å². The van der Waals surface area contributed by atoms with Gasteiger partial charge < -0.3 is 0 Å². The summed E-state index contributed by atoms with van der Waals surface area (Å²) in [7, 11) is 0. The van der Waals surface area contributed by atoms with Gasteiger partial charge in [-0.1, -0.05) is 54.8 Å². The summed E-state index contributed by atoms with van der Waals surface area (Å²) >= 11 is 1.79. The smallest absolute Gasteiger partial charge is 0.0151 e. The zero-order valence-corrected chi connectivity index (χ0v) is 11.0. The summed E-state index contributed by atoms with van der Waals surface area (Å²) in [6.07, 6.45) is 6.10. The molecule has 16 heavy (non-hydrogen) atoms. The van der Waals surface area contributed by atoms with E-state index in [9.17, 15) is 0 Å². The summed E-state index contributed by atoms with van der Waals surface area (Å²) in [4.78, 5) is 2.56. The van der Waals surface area contributed by atoms with Crippen LogP contribution in [0.4, 0.5) is 0 Å². The maximum Gasteiger partial charge on any atom is 0.0151 e. The van der Waals surface area contributed by atoms with Gasteiger partial charge in [0.05, 0.1) is 0 Å². The molecule has 1 rings (SSSR count). The lowest BCUT2D eigenvalue weighted by Crippen LogP contribution is -1.82. The summed E-state index contributed by atoms with van der Waals surface area (Å²) in [5.41, 5.74) is 2.53. The van der Waals surface area contributed by atoms with Crippen LogP contribution < -0.4 is 0 Å². The van der Waals surface area contributed by atoms with Crippen LogP contribution in [0.1, 0.15) is 19.4 Å². The molecule has 0 saturated carbocycles. The number of thioether (sulfide) groups is 1. The minimum Gasteiger partial charge on any atom is -0.0988 e. The van der Waals surface area contributed by atoms with Gasteiger partial charge in [-0.05, 0) is 38.0 Å². The number of benzene rings is 1. The third-order valence-corrected chi connectivity index (χ3v) is 3.68. The highest BCUT2D eigenvalue weighted by atomic mass is 32.2. The molecule has 0 unspecified atom stereocenters. The second-order valence-corrected chi connectivity index (χ2v) is 4.70. The molecular weight excluding hydrogens is 212 g/mol. The molecule has 84 valence electrons. The Bertz CT molecular complexity index is 425. The Morgan fingerprint density at radius 1 is 1.31 bits per heavy atom. The first-order valence-electron chi connectivity index (χ1n) is 5.38. The van der Waals surface area contributed by atoms with Gasteiger partial charge in [0.1, 0.15) is 0 Å². The van der Waals surface area contributed by atoms with Gasteiger partial charge in [-0.2, -0.15) is 0 Å². The number of aryl methyl sites for hydroxylation is 1. The van der Waals surface area contributed by atoms with Crippen molar-refractivity contribution in [3.05, 3.63) is 65.1 Å².